The first kappa shape index (κ1) is 41.2. The van der Waals surface area contributed by atoms with Crippen LogP contribution in [-0.4, -0.2) is 76.3 Å². The summed E-state index contributed by atoms with van der Waals surface area (Å²) in [5, 5.41) is 40.2. The number of unbranched alkanes of at least 4 members (excludes halogenated alkanes) is 12. The number of allylic oxidation sites excluding steroid dienone is 2. The third-order valence-corrected chi connectivity index (χ3v) is 8.29. The van der Waals surface area contributed by atoms with Gasteiger partial charge in [0.1, 0.15) is 6.61 Å². The molecule has 0 aromatic carbocycles. The average Bonchev–Trinajstić information content (AvgIpc) is 3.01. The van der Waals surface area contributed by atoms with E-state index in [4.69, 9.17) is 14.2 Å². The topological polar surface area (TPSA) is 143 Å². The summed E-state index contributed by atoms with van der Waals surface area (Å²) in [6.07, 6.45) is 21.5. The van der Waals surface area contributed by atoms with Gasteiger partial charge in [-0.3, -0.25) is 9.59 Å². The number of carbonyl (C=O) groups excluding carboxylic acids is 2. The third-order valence-electron chi connectivity index (χ3n) is 8.29. The summed E-state index contributed by atoms with van der Waals surface area (Å²) in [7, 11) is 0. The lowest BCUT2D eigenvalue weighted by atomic mass is 9.87. The van der Waals surface area contributed by atoms with E-state index in [-0.39, 0.29) is 31.3 Å². The van der Waals surface area contributed by atoms with Gasteiger partial charge in [-0.2, -0.15) is 0 Å². The molecule has 0 spiro atoms. The fourth-order valence-corrected chi connectivity index (χ4v) is 5.47. The maximum absolute atomic E-state index is 12.2. The van der Waals surface area contributed by atoms with Crippen molar-refractivity contribution in [2.24, 2.45) is 5.92 Å². The zero-order valence-corrected chi connectivity index (χ0v) is 28.2. The van der Waals surface area contributed by atoms with Crippen LogP contribution in [0.25, 0.3) is 0 Å². The Labute approximate surface area is 272 Å². The normalized spacial score (nSPS) is 21.7. The Morgan fingerprint density at radius 3 is 2.13 bits per heavy atom. The number of aliphatic hydroxyl groups excluding tert-OH is 4. The van der Waals surface area contributed by atoms with Gasteiger partial charge in [0.25, 0.3) is 0 Å². The summed E-state index contributed by atoms with van der Waals surface area (Å²) >= 11 is 0. The van der Waals surface area contributed by atoms with Crippen molar-refractivity contribution in [2.75, 3.05) is 13.2 Å². The van der Waals surface area contributed by atoms with Gasteiger partial charge >= 0.3 is 11.9 Å². The van der Waals surface area contributed by atoms with E-state index in [2.05, 4.69) is 13.8 Å². The van der Waals surface area contributed by atoms with Gasteiger partial charge in [-0.05, 0) is 32.1 Å². The molecule has 1 fully saturated rings. The predicted molar refractivity (Wildman–Crippen MR) is 176 cm³/mol. The van der Waals surface area contributed by atoms with Crippen LogP contribution in [0.4, 0.5) is 0 Å². The summed E-state index contributed by atoms with van der Waals surface area (Å²) in [5.41, 5.74) is 0. The number of ether oxygens (including phenoxy) is 3. The maximum atomic E-state index is 12.2. The Bertz CT molecular complexity index is 799. The molecule has 0 bridgehead atoms. The second-order valence-corrected chi connectivity index (χ2v) is 12.5. The molecule has 0 saturated carbocycles. The van der Waals surface area contributed by atoms with Crippen molar-refractivity contribution in [1.82, 2.24) is 0 Å². The number of rotatable bonds is 27. The summed E-state index contributed by atoms with van der Waals surface area (Å²) in [4.78, 5) is 24.3. The van der Waals surface area contributed by atoms with Crippen LogP contribution in [-0.2, 0) is 23.8 Å². The van der Waals surface area contributed by atoms with Gasteiger partial charge in [0.15, 0.2) is 12.4 Å². The molecule has 4 N–H and O–H groups in total. The molecule has 45 heavy (non-hydrogen) atoms. The second kappa shape index (κ2) is 27.3. The lowest BCUT2D eigenvalue weighted by Gasteiger charge is -2.36. The maximum Gasteiger partial charge on any atom is 0.306 e. The lowest BCUT2D eigenvalue weighted by molar-refractivity contribution is -0.199. The van der Waals surface area contributed by atoms with Gasteiger partial charge in [-0.25, -0.2) is 0 Å². The van der Waals surface area contributed by atoms with Crippen LogP contribution < -0.4 is 0 Å². The van der Waals surface area contributed by atoms with Crippen molar-refractivity contribution in [2.45, 2.75) is 173 Å². The molecule has 1 rings (SSSR count). The highest BCUT2D eigenvalue weighted by atomic mass is 16.6. The molecular weight excluding hydrogens is 576 g/mol. The molecular formula is C36H64O9. The minimum Gasteiger partial charge on any atom is -0.462 e. The molecule has 0 aliphatic carbocycles. The van der Waals surface area contributed by atoms with Gasteiger partial charge in [0.2, 0.25) is 0 Å². The van der Waals surface area contributed by atoms with Crippen LogP contribution in [0.15, 0.2) is 24.3 Å². The van der Waals surface area contributed by atoms with Crippen molar-refractivity contribution in [3.63, 3.8) is 0 Å². The van der Waals surface area contributed by atoms with Gasteiger partial charge in [-0.15, -0.1) is 0 Å². The number of aliphatic hydroxyl groups is 4. The van der Waals surface area contributed by atoms with E-state index in [0.29, 0.717) is 32.1 Å². The lowest BCUT2D eigenvalue weighted by Crippen LogP contribution is -2.43. The van der Waals surface area contributed by atoms with Crippen LogP contribution in [0.5, 0.6) is 0 Å². The van der Waals surface area contributed by atoms with E-state index in [9.17, 15) is 30.0 Å². The van der Waals surface area contributed by atoms with Gasteiger partial charge in [0, 0.05) is 25.2 Å². The molecule has 9 heteroatoms. The number of hydrogen-bond acceptors (Lipinski definition) is 9. The Hall–Kier alpha value is -1.78. The highest BCUT2D eigenvalue weighted by Crippen LogP contribution is 2.29. The summed E-state index contributed by atoms with van der Waals surface area (Å²) in [6.45, 7) is 3.77. The smallest absolute Gasteiger partial charge is 0.306 e. The number of carbonyl (C=O) groups is 2. The Kier molecular flexibility index (Phi) is 25.1. The SMILES string of the molecule is CCCCCCCCCCCCC(=O)O[C@@H](CO)COC(=O)CCC/C=C\C[C@H]1[C@@H](O)CC(O)O[C@@H]1/C=C/[C@@H](O)CCCCC. The standard InChI is InChI=1S/C36H64O9/c1-3-5-7-8-9-10-11-12-13-19-23-35(41)44-30(27-37)28-43-34(40)22-18-15-14-17-21-31-32(39)26-36(42)45-33(31)25-24-29(38)20-16-6-4-2/h14,17,24-25,29-33,36-39,42H,3-13,15-16,18-23,26-28H2,1-2H3/b17-14-,25-24+/t29-,30-,31-,32-,33+,36?/m0/s1. The summed E-state index contributed by atoms with van der Waals surface area (Å²) in [6, 6.07) is 0. The molecule has 262 valence electrons. The molecule has 0 radical (unpaired) electrons. The molecule has 1 aliphatic rings. The van der Waals surface area contributed by atoms with E-state index in [0.717, 1.165) is 38.5 Å². The molecule has 1 heterocycles. The van der Waals surface area contributed by atoms with Gasteiger partial charge < -0.3 is 34.6 Å². The molecule has 1 saturated heterocycles. The molecule has 0 amide bonds. The fourth-order valence-electron chi connectivity index (χ4n) is 5.47. The molecule has 9 nitrogen and oxygen atoms in total. The molecule has 1 aliphatic heterocycles. The first-order valence-electron chi connectivity index (χ1n) is 17.8. The average molecular weight is 641 g/mol. The third kappa shape index (κ3) is 21.6. The Morgan fingerprint density at radius 1 is 0.844 bits per heavy atom. The van der Waals surface area contributed by atoms with Crippen molar-refractivity contribution in [3.05, 3.63) is 24.3 Å². The first-order valence-corrected chi connectivity index (χ1v) is 17.8. The number of esters is 2. The second-order valence-electron chi connectivity index (χ2n) is 12.5. The van der Waals surface area contributed by atoms with E-state index < -0.39 is 43.3 Å². The summed E-state index contributed by atoms with van der Waals surface area (Å²) in [5.74, 6) is -1.05. The Balaban J connectivity index is 2.23. The van der Waals surface area contributed by atoms with Crippen molar-refractivity contribution in [3.8, 4) is 0 Å². The summed E-state index contributed by atoms with van der Waals surface area (Å²) < 4.78 is 16.1. The quantitative estimate of drug-likeness (QED) is 0.0453. The highest BCUT2D eigenvalue weighted by Gasteiger charge is 2.35. The Morgan fingerprint density at radius 2 is 1.47 bits per heavy atom. The molecule has 0 aromatic heterocycles. The zero-order chi connectivity index (χ0) is 33.1. The molecule has 0 aromatic rings. The van der Waals surface area contributed by atoms with E-state index in [1.165, 1.54) is 44.9 Å². The van der Waals surface area contributed by atoms with Crippen LogP contribution in [0.1, 0.15) is 142 Å². The monoisotopic (exact) mass is 640 g/mol. The van der Waals surface area contributed by atoms with Gasteiger partial charge in [-0.1, -0.05) is 115 Å². The first-order chi connectivity index (χ1) is 21.8. The van der Waals surface area contributed by atoms with E-state index in [1.807, 2.05) is 12.2 Å². The van der Waals surface area contributed by atoms with Gasteiger partial charge in [0.05, 0.1) is 24.9 Å². The minimum absolute atomic E-state index is 0.136. The van der Waals surface area contributed by atoms with Crippen molar-refractivity contribution in [1.29, 1.82) is 0 Å². The zero-order valence-electron chi connectivity index (χ0n) is 28.2. The van der Waals surface area contributed by atoms with Crippen molar-refractivity contribution >= 4 is 11.9 Å². The number of hydrogen-bond donors (Lipinski definition) is 4. The molecule has 6 atom stereocenters. The van der Waals surface area contributed by atoms with Crippen LogP contribution >= 0.6 is 0 Å². The largest absolute Gasteiger partial charge is 0.462 e. The highest BCUT2D eigenvalue weighted by molar-refractivity contribution is 5.70. The fraction of sp³-hybridized carbons (Fsp3) is 0.833. The van der Waals surface area contributed by atoms with Crippen LogP contribution in [0, 0.1) is 5.92 Å². The van der Waals surface area contributed by atoms with Crippen molar-refractivity contribution < 1.29 is 44.2 Å². The minimum atomic E-state index is -1.04. The molecule has 1 unspecified atom stereocenters. The predicted octanol–water partition coefficient (Wildman–Crippen LogP) is 6.44. The van der Waals surface area contributed by atoms with Crippen LogP contribution in [0.2, 0.25) is 0 Å². The van der Waals surface area contributed by atoms with E-state index >= 15 is 0 Å². The van der Waals surface area contributed by atoms with E-state index in [1.54, 1.807) is 12.2 Å². The van der Waals surface area contributed by atoms with Crippen LogP contribution in [0.3, 0.4) is 0 Å².